The third kappa shape index (κ3) is 4.92. The second kappa shape index (κ2) is 8.80. The quantitative estimate of drug-likeness (QED) is 0.776. The molecule has 6 nitrogen and oxygen atoms in total. The number of hydrogen-bond acceptors (Lipinski definition) is 5. The molecule has 0 aromatic rings. The van der Waals surface area contributed by atoms with E-state index in [0.29, 0.717) is 31.5 Å². The van der Waals surface area contributed by atoms with E-state index in [1.165, 1.54) is 0 Å². The molecule has 0 aromatic carbocycles. The van der Waals surface area contributed by atoms with Crippen LogP contribution in [0.2, 0.25) is 0 Å². The lowest BCUT2D eigenvalue weighted by molar-refractivity contribution is -0.134. The van der Waals surface area contributed by atoms with Crippen LogP contribution in [0, 0.1) is 23.2 Å². The van der Waals surface area contributed by atoms with Crippen LogP contribution in [0.1, 0.15) is 33.1 Å². The highest BCUT2D eigenvalue weighted by molar-refractivity contribution is 5.78. The lowest BCUT2D eigenvalue weighted by Crippen LogP contribution is -2.54. The number of aliphatic hydroxyl groups excluding tert-OH is 1. The summed E-state index contributed by atoms with van der Waals surface area (Å²) >= 11 is 0. The van der Waals surface area contributed by atoms with Crippen LogP contribution in [0.4, 0.5) is 0 Å². The van der Waals surface area contributed by atoms with E-state index in [-0.39, 0.29) is 18.1 Å². The van der Waals surface area contributed by atoms with Crippen molar-refractivity contribution in [3.63, 3.8) is 0 Å². The number of amides is 1. The summed E-state index contributed by atoms with van der Waals surface area (Å²) in [6, 6.07) is 2.32. The zero-order chi connectivity index (χ0) is 17.7. The average Bonchev–Trinajstić information content (AvgIpc) is 2.93. The van der Waals surface area contributed by atoms with Crippen molar-refractivity contribution < 1.29 is 9.90 Å². The zero-order valence-electron chi connectivity index (χ0n) is 15.3. The van der Waals surface area contributed by atoms with Gasteiger partial charge in [0.1, 0.15) is 6.04 Å². The molecule has 0 bridgehead atoms. The van der Waals surface area contributed by atoms with Gasteiger partial charge in [-0.25, -0.2) is 0 Å². The molecule has 1 saturated heterocycles. The number of nitriles is 1. The number of likely N-dealkylation sites (N-methyl/N-ethyl adjacent to an activating group) is 1. The summed E-state index contributed by atoms with van der Waals surface area (Å²) in [5.74, 6) is 0.769. The molecule has 1 amide bonds. The van der Waals surface area contributed by atoms with Crippen molar-refractivity contribution in [3.05, 3.63) is 0 Å². The summed E-state index contributed by atoms with van der Waals surface area (Å²) in [5.41, 5.74) is 0. The topological polar surface area (TPSA) is 70.8 Å². The Bertz CT molecular complexity index is 454. The third-order valence-electron chi connectivity index (χ3n) is 5.39. The van der Waals surface area contributed by atoms with Crippen LogP contribution in [-0.2, 0) is 4.79 Å². The van der Waals surface area contributed by atoms with E-state index < -0.39 is 0 Å². The van der Waals surface area contributed by atoms with Crippen LogP contribution < -0.4 is 0 Å². The van der Waals surface area contributed by atoms with Crippen LogP contribution in [0.3, 0.4) is 0 Å². The summed E-state index contributed by atoms with van der Waals surface area (Å²) in [7, 11) is 1.96. The van der Waals surface area contributed by atoms with E-state index >= 15 is 0 Å². The molecule has 0 radical (unpaired) electrons. The second-order valence-electron chi connectivity index (χ2n) is 7.69. The van der Waals surface area contributed by atoms with Crippen molar-refractivity contribution in [2.24, 2.45) is 11.8 Å². The molecular formula is C18H32N4O2. The molecule has 2 aliphatic rings. The molecule has 2 fully saturated rings. The molecule has 3 atom stereocenters. The SMILES string of the molecule is CC(C)[C@H](C#N)N1CCN(C(=O)CN(C)C[C@H]2CCC[C@@H]2O)CC1. The van der Waals surface area contributed by atoms with Gasteiger partial charge < -0.3 is 10.0 Å². The molecule has 1 heterocycles. The van der Waals surface area contributed by atoms with Gasteiger partial charge >= 0.3 is 0 Å². The van der Waals surface area contributed by atoms with Gasteiger partial charge in [0.25, 0.3) is 0 Å². The van der Waals surface area contributed by atoms with Crippen molar-refractivity contribution in [3.8, 4) is 6.07 Å². The van der Waals surface area contributed by atoms with E-state index in [9.17, 15) is 15.2 Å². The van der Waals surface area contributed by atoms with Gasteiger partial charge in [0.2, 0.25) is 5.91 Å². The first-order chi connectivity index (χ1) is 11.4. The van der Waals surface area contributed by atoms with Gasteiger partial charge in [-0.1, -0.05) is 20.3 Å². The summed E-state index contributed by atoms with van der Waals surface area (Å²) < 4.78 is 0. The van der Waals surface area contributed by atoms with Crippen molar-refractivity contribution >= 4 is 5.91 Å². The fourth-order valence-electron chi connectivity index (χ4n) is 3.93. The Labute approximate surface area is 146 Å². The lowest BCUT2D eigenvalue weighted by Gasteiger charge is -2.38. The fraction of sp³-hybridized carbons (Fsp3) is 0.889. The smallest absolute Gasteiger partial charge is 0.236 e. The largest absolute Gasteiger partial charge is 0.393 e. The molecule has 1 saturated carbocycles. The minimum Gasteiger partial charge on any atom is -0.393 e. The molecule has 136 valence electrons. The molecular weight excluding hydrogens is 304 g/mol. The zero-order valence-corrected chi connectivity index (χ0v) is 15.3. The number of nitrogens with zero attached hydrogens (tertiary/aromatic N) is 4. The molecule has 0 aromatic heterocycles. The Morgan fingerprint density at radius 3 is 2.46 bits per heavy atom. The van der Waals surface area contributed by atoms with Gasteiger partial charge in [-0.05, 0) is 31.7 Å². The maximum atomic E-state index is 12.5. The predicted octanol–water partition coefficient (Wildman–Crippen LogP) is 0.772. The van der Waals surface area contributed by atoms with Gasteiger partial charge in [0, 0.05) is 32.7 Å². The predicted molar refractivity (Wildman–Crippen MR) is 93.2 cm³/mol. The molecule has 1 aliphatic carbocycles. The van der Waals surface area contributed by atoms with Gasteiger partial charge in [-0.15, -0.1) is 0 Å². The fourth-order valence-corrected chi connectivity index (χ4v) is 3.93. The Morgan fingerprint density at radius 1 is 1.29 bits per heavy atom. The average molecular weight is 336 g/mol. The first kappa shape index (κ1) is 19.2. The van der Waals surface area contributed by atoms with Crippen LogP contribution in [-0.4, -0.2) is 84.2 Å². The summed E-state index contributed by atoms with van der Waals surface area (Å²) in [5, 5.41) is 19.2. The Hall–Kier alpha value is -1.16. The van der Waals surface area contributed by atoms with E-state index in [4.69, 9.17) is 0 Å². The number of carbonyl (C=O) groups excluding carboxylic acids is 1. The Morgan fingerprint density at radius 2 is 1.96 bits per heavy atom. The first-order valence-corrected chi connectivity index (χ1v) is 9.20. The summed E-state index contributed by atoms with van der Waals surface area (Å²) in [6.07, 6.45) is 2.84. The van der Waals surface area contributed by atoms with Crippen LogP contribution in [0.25, 0.3) is 0 Å². The molecule has 0 unspecified atom stereocenters. The highest BCUT2D eigenvalue weighted by atomic mass is 16.3. The first-order valence-electron chi connectivity index (χ1n) is 9.20. The third-order valence-corrected chi connectivity index (χ3v) is 5.39. The number of carbonyl (C=O) groups is 1. The standard InChI is InChI=1S/C18H32N4O2/c1-14(2)16(11-19)21-7-9-22(10-8-21)18(24)13-20(3)12-15-5-4-6-17(15)23/h14-17,23H,4-10,12-13H2,1-3H3/t15-,16+,17+/m1/s1. The van der Waals surface area contributed by atoms with Crippen molar-refractivity contribution in [1.29, 1.82) is 5.26 Å². The lowest BCUT2D eigenvalue weighted by atomic mass is 10.0. The van der Waals surface area contributed by atoms with Crippen LogP contribution in [0.15, 0.2) is 0 Å². The van der Waals surface area contributed by atoms with E-state index in [2.05, 4.69) is 24.8 Å². The van der Waals surface area contributed by atoms with Crippen LogP contribution in [0.5, 0.6) is 0 Å². The van der Waals surface area contributed by atoms with Crippen LogP contribution >= 0.6 is 0 Å². The Balaban J connectivity index is 1.75. The molecule has 1 N–H and O–H groups in total. The van der Waals surface area contributed by atoms with E-state index in [1.807, 2.05) is 16.8 Å². The maximum absolute atomic E-state index is 12.5. The van der Waals surface area contributed by atoms with Gasteiger partial charge in [-0.2, -0.15) is 5.26 Å². The van der Waals surface area contributed by atoms with Crippen molar-refractivity contribution in [2.75, 3.05) is 46.3 Å². The number of aliphatic hydroxyl groups is 1. The van der Waals surface area contributed by atoms with E-state index in [1.54, 1.807) is 0 Å². The number of rotatable bonds is 6. The van der Waals surface area contributed by atoms with E-state index in [0.717, 1.165) is 38.9 Å². The Kier molecular flexibility index (Phi) is 7.02. The minimum absolute atomic E-state index is 0.0613. The highest BCUT2D eigenvalue weighted by Gasteiger charge is 2.29. The number of hydrogen-bond donors (Lipinski definition) is 1. The molecule has 0 spiro atoms. The van der Waals surface area contributed by atoms with Gasteiger partial charge in [0.15, 0.2) is 0 Å². The second-order valence-corrected chi connectivity index (χ2v) is 7.69. The molecule has 6 heteroatoms. The molecule has 1 aliphatic heterocycles. The highest BCUT2D eigenvalue weighted by Crippen LogP contribution is 2.26. The van der Waals surface area contributed by atoms with Crippen molar-refractivity contribution in [2.45, 2.75) is 45.3 Å². The molecule has 2 rings (SSSR count). The maximum Gasteiger partial charge on any atom is 0.236 e. The van der Waals surface area contributed by atoms with Crippen molar-refractivity contribution in [1.82, 2.24) is 14.7 Å². The molecule has 24 heavy (non-hydrogen) atoms. The number of piperazine rings is 1. The van der Waals surface area contributed by atoms with Gasteiger partial charge in [-0.3, -0.25) is 14.6 Å². The summed E-state index contributed by atoms with van der Waals surface area (Å²) in [4.78, 5) is 18.6. The normalized spacial score (nSPS) is 26.8. The minimum atomic E-state index is -0.204. The van der Waals surface area contributed by atoms with Gasteiger partial charge in [0.05, 0.1) is 18.7 Å². The monoisotopic (exact) mass is 336 g/mol. The summed E-state index contributed by atoms with van der Waals surface area (Å²) in [6.45, 7) is 8.27.